The van der Waals surface area contributed by atoms with E-state index in [1.165, 1.54) is 0 Å². The predicted octanol–water partition coefficient (Wildman–Crippen LogP) is 2.65. The fraction of sp³-hybridized carbons (Fsp3) is 0.350. The first-order chi connectivity index (χ1) is 13.7. The second-order valence-corrected chi connectivity index (χ2v) is 6.98. The zero-order chi connectivity index (χ0) is 19.3. The highest BCUT2D eigenvalue weighted by Gasteiger charge is 2.21. The summed E-state index contributed by atoms with van der Waals surface area (Å²) < 4.78 is 11.3. The van der Waals surface area contributed by atoms with Crippen molar-refractivity contribution in [1.82, 2.24) is 14.9 Å². The van der Waals surface area contributed by atoms with Gasteiger partial charge in [-0.3, -0.25) is 4.79 Å². The van der Waals surface area contributed by atoms with Gasteiger partial charge in [0, 0.05) is 51.1 Å². The number of rotatable bonds is 3. The van der Waals surface area contributed by atoms with Crippen LogP contribution in [0, 0.1) is 0 Å². The Balaban J connectivity index is 1.38. The van der Waals surface area contributed by atoms with Crippen LogP contribution in [0.15, 0.2) is 36.7 Å². The molecule has 3 heterocycles. The van der Waals surface area contributed by atoms with Crippen LogP contribution in [0.1, 0.15) is 12.0 Å². The zero-order valence-electron chi connectivity index (χ0n) is 15.4. The van der Waals surface area contributed by atoms with Gasteiger partial charge in [0.15, 0.2) is 11.5 Å². The first-order valence-electron chi connectivity index (χ1n) is 9.29. The summed E-state index contributed by atoms with van der Waals surface area (Å²) in [5, 5.41) is 0.489. The lowest BCUT2D eigenvalue weighted by Gasteiger charge is -2.34. The average molecular weight is 401 g/mol. The Bertz CT molecular complexity index is 867. The van der Waals surface area contributed by atoms with E-state index in [0.29, 0.717) is 61.9 Å². The summed E-state index contributed by atoms with van der Waals surface area (Å²) in [4.78, 5) is 25.0. The van der Waals surface area contributed by atoms with Gasteiger partial charge in [0.1, 0.15) is 0 Å². The molecule has 28 heavy (non-hydrogen) atoms. The molecule has 1 fully saturated rings. The third kappa shape index (κ3) is 4.20. The zero-order valence-corrected chi connectivity index (χ0v) is 16.1. The number of benzene rings is 1. The third-order valence-corrected chi connectivity index (χ3v) is 4.95. The number of carbonyl (C=O) groups excluding carboxylic acids is 1. The Morgan fingerprint density at radius 3 is 2.61 bits per heavy atom. The smallest absolute Gasteiger partial charge is 0.246 e. The van der Waals surface area contributed by atoms with Crippen molar-refractivity contribution in [2.75, 3.05) is 44.3 Å². The van der Waals surface area contributed by atoms with Crippen molar-refractivity contribution < 1.29 is 14.3 Å². The minimum Gasteiger partial charge on any atom is -0.489 e. The molecular formula is C20H21ClN4O3. The van der Waals surface area contributed by atoms with Gasteiger partial charge in [-0.15, -0.1) is 0 Å². The van der Waals surface area contributed by atoms with Crippen molar-refractivity contribution in [3.8, 4) is 11.5 Å². The van der Waals surface area contributed by atoms with Crippen LogP contribution in [-0.2, 0) is 4.79 Å². The van der Waals surface area contributed by atoms with Crippen LogP contribution >= 0.6 is 11.6 Å². The molecule has 0 aliphatic carbocycles. The molecule has 1 saturated heterocycles. The SMILES string of the molecule is O=C(/C=C/c1cc(Cl)c2c(c1)OCCCO2)N1CCN(c2ncccn2)CC1. The Kier molecular flexibility index (Phi) is 5.62. The molecule has 4 rings (SSSR count). The van der Waals surface area contributed by atoms with Gasteiger partial charge in [0.25, 0.3) is 0 Å². The van der Waals surface area contributed by atoms with Crippen LogP contribution in [0.2, 0.25) is 5.02 Å². The molecule has 1 amide bonds. The molecular weight excluding hydrogens is 380 g/mol. The number of aromatic nitrogens is 2. The van der Waals surface area contributed by atoms with E-state index in [2.05, 4.69) is 14.9 Å². The van der Waals surface area contributed by atoms with E-state index in [9.17, 15) is 4.79 Å². The number of piperazine rings is 1. The molecule has 2 aliphatic rings. The standard InChI is InChI=1S/C20H21ClN4O3/c21-16-13-15(14-17-19(16)28-12-2-11-27-17)3-4-18(26)24-7-9-25(10-8-24)20-22-5-1-6-23-20/h1,3-6,13-14H,2,7-12H2/b4-3+. The summed E-state index contributed by atoms with van der Waals surface area (Å²) in [6.07, 6.45) is 7.60. The van der Waals surface area contributed by atoms with Crippen LogP contribution in [0.3, 0.4) is 0 Å². The van der Waals surface area contributed by atoms with E-state index < -0.39 is 0 Å². The molecule has 2 aliphatic heterocycles. The lowest BCUT2D eigenvalue weighted by Crippen LogP contribution is -2.48. The van der Waals surface area contributed by atoms with Crippen LogP contribution in [0.25, 0.3) is 6.08 Å². The first kappa shape index (κ1) is 18.6. The molecule has 0 N–H and O–H groups in total. The predicted molar refractivity (Wildman–Crippen MR) is 107 cm³/mol. The van der Waals surface area contributed by atoms with Crippen LogP contribution in [0.5, 0.6) is 11.5 Å². The molecule has 0 atom stereocenters. The van der Waals surface area contributed by atoms with Gasteiger partial charge < -0.3 is 19.3 Å². The quantitative estimate of drug-likeness (QED) is 0.738. The minimum absolute atomic E-state index is 0.0307. The summed E-state index contributed by atoms with van der Waals surface area (Å²) in [6, 6.07) is 5.42. The molecule has 0 saturated carbocycles. The molecule has 0 spiro atoms. The minimum atomic E-state index is -0.0307. The molecule has 1 aromatic carbocycles. The normalized spacial score (nSPS) is 16.9. The topological polar surface area (TPSA) is 67.8 Å². The molecule has 1 aromatic heterocycles. The number of hydrogen-bond donors (Lipinski definition) is 0. The van der Waals surface area contributed by atoms with E-state index in [-0.39, 0.29) is 5.91 Å². The monoisotopic (exact) mass is 400 g/mol. The van der Waals surface area contributed by atoms with Gasteiger partial charge in [-0.05, 0) is 29.8 Å². The van der Waals surface area contributed by atoms with E-state index in [4.69, 9.17) is 21.1 Å². The second-order valence-electron chi connectivity index (χ2n) is 6.57. The van der Waals surface area contributed by atoms with E-state index in [0.717, 1.165) is 12.0 Å². The van der Waals surface area contributed by atoms with Gasteiger partial charge in [-0.25, -0.2) is 9.97 Å². The maximum Gasteiger partial charge on any atom is 0.246 e. The van der Waals surface area contributed by atoms with Crippen LogP contribution in [-0.4, -0.2) is 60.2 Å². The molecule has 8 heteroatoms. The Morgan fingerprint density at radius 1 is 1.07 bits per heavy atom. The first-order valence-corrected chi connectivity index (χ1v) is 9.66. The van der Waals surface area contributed by atoms with Gasteiger partial charge in [-0.1, -0.05) is 11.6 Å². The number of amides is 1. The summed E-state index contributed by atoms with van der Waals surface area (Å²) in [5.74, 6) is 1.86. The molecule has 7 nitrogen and oxygen atoms in total. The van der Waals surface area contributed by atoms with Crippen molar-refractivity contribution in [2.45, 2.75) is 6.42 Å². The highest BCUT2D eigenvalue weighted by molar-refractivity contribution is 6.32. The fourth-order valence-electron chi connectivity index (χ4n) is 3.20. The van der Waals surface area contributed by atoms with Crippen molar-refractivity contribution in [1.29, 1.82) is 0 Å². The van der Waals surface area contributed by atoms with Crippen LogP contribution in [0.4, 0.5) is 5.95 Å². The highest BCUT2D eigenvalue weighted by Crippen LogP contribution is 2.38. The number of nitrogens with zero attached hydrogens (tertiary/aromatic N) is 4. The van der Waals surface area contributed by atoms with Crippen molar-refractivity contribution >= 4 is 29.5 Å². The molecule has 0 radical (unpaired) electrons. The Morgan fingerprint density at radius 2 is 1.82 bits per heavy atom. The number of anilines is 1. The molecule has 2 aromatic rings. The Labute approximate surface area is 168 Å². The largest absolute Gasteiger partial charge is 0.489 e. The maximum absolute atomic E-state index is 12.5. The van der Waals surface area contributed by atoms with E-state index in [1.54, 1.807) is 36.7 Å². The van der Waals surface area contributed by atoms with E-state index in [1.807, 2.05) is 11.0 Å². The molecule has 0 unspecified atom stereocenters. The maximum atomic E-state index is 12.5. The average Bonchev–Trinajstić information content (AvgIpc) is 2.99. The summed E-state index contributed by atoms with van der Waals surface area (Å²) in [7, 11) is 0. The number of ether oxygens (including phenoxy) is 2. The van der Waals surface area contributed by atoms with Gasteiger partial charge >= 0.3 is 0 Å². The number of carbonyl (C=O) groups is 1. The van der Waals surface area contributed by atoms with Gasteiger partial charge in [0.05, 0.1) is 18.2 Å². The second kappa shape index (κ2) is 8.48. The van der Waals surface area contributed by atoms with Gasteiger partial charge in [0.2, 0.25) is 11.9 Å². The lowest BCUT2D eigenvalue weighted by atomic mass is 10.1. The third-order valence-electron chi connectivity index (χ3n) is 4.67. The lowest BCUT2D eigenvalue weighted by molar-refractivity contribution is -0.126. The summed E-state index contributed by atoms with van der Waals surface area (Å²) in [6.45, 7) is 3.84. The number of halogens is 1. The van der Waals surface area contributed by atoms with Crippen molar-refractivity contribution in [3.63, 3.8) is 0 Å². The number of hydrogen-bond acceptors (Lipinski definition) is 6. The highest BCUT2D eigenvalue weighted by atomic mass is 35.5. The summed E-state index contributed by atoms with van der Waals surface area (Å²) >= 11 is 6.31. The molecule has 146 valence electrons. The van der Waals surface area contributed by atoms with Crippen molar-refractivity contribution in [3.05, 3.63) is 47.3 Å². The molecule has 0 bridgehead atoms. The van der Waals surface area contributed by atoms with E-state index >= 15 is 0 Å². The fourth-order valence-corrected chi connectivity index (χ4v) is 3.47. The van der Waals surface area contributed by atoms with Crippen molar-refractivity contribution in [2.24, 2.45) is 0 Å². The summed E-state index contributed by atoms with van der Waals surface area (Å²) in [5.41, 5.74) is 0.805. The number of fused-ring (bicyclic) bond motifs is 1. The Hall–Kier alpha value is -2.80. The van der Waals surface area contributed by atoms with Gasteiger partial charge in [-0.2, -0.15) is 0 Å². The van der Waals surface area contributed by atoms with Crippen LogP contribution < -0.4 is 14.4 Å².